The highest BCUT2D eigenvalue weighted by Crippen LogP contribution is 2.19. The second kappa shape index (κ2) is 9.28. The number of hydrogen-bond donors (Lipinski definition) is 10. The molecule has 2 aliphatic rings. The molecular formula is C12H24O12. The molecule has 0 spiro atoms. The first-order valence-electron chi connectivity index (χ1n) is 7.12. The average molecular weight is 360 g/mol. The van der Waals surface area contributed by atoms with Gasteiger partial charge in [0.15, 0.2) is 12.6 Å². The van der Waals surface area contributed by atoms with E-state index in [0.717, 1.165) is 0 Å². The lowest BCUT2D eigenvalue weighted by Gasteiger charge is -2.37. The summed E-state index contributed by atoms with van der Waals surface area (Å²) < 4.78 is 9.15. The molecule has 0 saturated carbocycles. The molecule has 2 aliphatic heterocycles. The first kappa shape index (κ1) is 21.6. The van der Waals surface area contributed by atoms with E-state index in [1.165, 1.54) is 0 Å². The topological polar surface area (TPSA) is 221 Å². The molecule has 2 heterocycles. The second-order valence-electron chi connectivity index (χ2n) is 5.44. The molecule has 12 nitrogen and oxygen atoms in total. The van der Waals surface area contributed by atoms with Crippen molar-refractivity contribution >= 4 is 0 Å². The van der Waals surface area contributed by atoms with Gasteiger partial charge in [-0.1, -0.05) is 0 Å². The Labute approximate surface area is 136 Å². The van der Waals surface area contributed by atoms with Gasteiger partial charge in [-0.3, -0.25) is 0 Å². The summed E-state index contributed by atoms with van der Waals surface area (Å²) in [5.41, 5.74) is 0. The van der Waals surface area contributed by atoms with Gasteiger partial charge >= 0.3 is 0 Å². The Morgan fingerprint density at radius 3 is 1.00 bits per heavy atom. The molecule has 144 valence electrons. The lowest BCUT2D eigenvalue weighted by molar-refractivity contribution is -0.286. The molecule has 2 saturated heterocycles. The van der Waals surface area contributed by atoms with Gasteiger partial charge in [-0.15, -0.1) is 0 Å². The Hall–Kier alpha value is -0.480. The fraction of sp³-hybridized carbons (Fsp3) is 1.00. The summed E-state index contributed by atoms with van der Waals surface area (Å²) in [5.74, 6) is 0. The van der Waals surface area contributed by atoms with E-state index >= 15 is 0 Å². The van der Waals surface area contributed by atoms with Crippen molar-refractivity contribution in [2.75, 3.05) is 13.2 Å². The molecule has 24 heavy (non-hydrogen) atoms. The number of rotatable bonds is 2. The molecule has 0 bridgehead atoms. The fourth-order valence-corrected chi connectivity index (χ4v) is 2.16. The molecule has 0 aromatic rings. The normalized spacial score (nSPS) is 49.2. The molecule has 12 heteroatoms. The van der Waals surface area contributed by atoms with Gasteiger partial charge in [-0.2, -0.15) is 0 Å². The van der Waals surface area contributed by atoms with Crippen LogP contribution in [0.5, 0.6) is 0 Å². The van der Waals surface area contributed by atoms with Crippen molar-refractivity contribution in [1.29, 1.82) is 0 Å². The molecule has 0 aromatic carbocycles. The summed E-state index contributed by atoms with van der Waals surface area (Å²) in [4.78, 5) is 0. The lowest BCUT2D eigenvalue weighted by atomic mass is 10.00. The Morgan fingerprint density at radius 2 is 0.750 bits per heavy atom. The molecule has 10 atom stereocenters. The van der Waals surface area contributed by atoms with Crippen LogP contribution in [0.4, 0.5) is 0 Å². The zero-order chi connectivity index (χ0) is 18.6. The second-order valence-corrected chi connectivity index (χ2v) is 5.44. The van der Waals surface area contributed by atoms with Crippen LogP contribution < -0.4 is 0 Å². The van der Waals surface area contributed by atoms with Crippen molar-refractivity contribution in [3.8, 4) is 0 Å². The van der Waals surface area contributed by atoms with Crippen LogP contribution in [0.3, 0.4) is 0 Å². The largest absolute Gasteiger partial charge is 0.394 e. The number of aliphatic hydroxyl groups excluding tert-OH is 10. The molecule has 0 unspecified atom stereocenters. The summed E-state index contributed by atoms with van der Waals surface area (Å²) in [5, 5.41) is 89.3. The number of hydrogen-bond acceptors (Lipinski definition) is 12. The molecule has 0 aliphatic carbocycles. The van der Waals surface area contributed by atoms with Crippen LogP contribution in [-0.4, -0.2) is 126 Å². The Morgan fingerprint density at radius 1 is 0.458 bits per heavy atom. The Bertz CT molecular complexity index is 326. The third kappa shape index (κ3) is 4.78. The SMILES string of the molecule is OC[C@@H]1O[C@@H](O)[C@H](O)[C@H](O)[C@H]1O.OC[C@H]1O[C@H](O)[C@@H](O)[C@@H](O)[C@@H]1O. The number of aliphatic hydroxyl groups is 10. The first-order chi connectivity index (χ1) is 11.1. The minimum absolute atomic E-state index is 0.526. The van der Waals surface area contributed by atoms with Crippen LogP contribution in [0.15, 0.2) is 0 Å². The monoisotopic (exact) mass is 360 g/mol. The Balaban J connectivity index is 0.000000240. The summed E-state index contributed by atoms with van der Waals surface area (Å²) in [6.07, 6.45) is -14.1. The maximum atomic E-state index is 9.12. The highest BCUT2D eigenvalue weighted by Gasteiger charge is 2.43. The van der Waals surface area contributed by atoms with Crippen LogP contribution >= 0.6 is 0 Å². The van der Waals surface area contributed by atoms with Crippen LogP contribution in [0, 0.1) is 0 Å². The van der Waals surface area contributed by atoms with E-state index in [1.54, 1.807) is 0 Å². The van der Waals surface area contributed by atoms with Crippen molar-refractivity contribution in [2.24, 2.45) is 0 Å². The molecule has 0 radical (unpaired) electrons. The predicted octanol–water partition coefficient (Wildman–Crippen LogP) is -6.44. The van der Waals surface area contributed by atoms with Crippen LogP contribution in [-0.2, 0) is 9.47 Å². The first-order valence-corrected chi connectivity index (χ1v) is 7.12. The zero-order valence-electron chi connectivity index (χ0n) is 12.5. The maximum absolute atomic E-state index is 9.12. The van der Waals surface area contributed by atoms with Crippen LogP contribution in [0.1, 0.15) is 0 Å². The van der Waals surface area contributed by atoms with Gasteiger partial charge in [-0.25, -0.2) is 0 Å². The summed E-state index contributed by atoms with van der Waals surface area (Å²) in [7, 11) is 0. The van der Waals surface area contributed by atoms with Crippen LogP contribution in [0.2, 0.25) is 0 Å². The van der Waals surface area contributed by atoms with E-state index in [-0.39, 0.29) is 0 Å². The van der Waals surface area contributed by atoms with E-state index in [2.05, 4.69) is 9.47 Å². The molecular weight excluding hydrogens is 336 g/mol. The summed E-state index contributed by atoms with van der Waals surface area (Å²) in [6, 6.07) is 0. The average Bonchev–Trinajstić information content (AvgIpc) is 2.58. The zero-order valence-corrected chi connectivity index (χ0v) is 12.5. The van der Waals surface area contributed by atoms with Crippen molar-refractivity contribution in [3.05, 3.63) is 0 Å². The Kier molecular flexibility index (Phi) is 8.34. The van der Waals surface area contributed by atoms with Gasteiger partial charge in [0, 0.05) is 0 Å². The fourth-order valence-electron chi connectivity index (χ4n) is 2.16. The van der Waals surface area contributed by atoms with Gasteiger partial charge < -0.3 is 60.5 Å². The molecule has 0 aromatic heterocycles. The summed E-state index contributed by atoms with van der Waals surface area (Å²) in [6.45, 7) is -1.05. The van der Waals surface area contributed by atoms with E-state index in [1.807, 2.05) is 0 Å². The van der Waals surface area contributed by atoms with Crippen molar-refractivity contribution in [1.82, 2.24) is 0 Å². The van der Waals surface area contributed by atoms with Crippen molar-refractivity contribution < 1.29 is 60.5 Å². The van der Waals surface area contributed by atoms with E-state index in [9.17, 15) is 0 Å². The quantitative estimate of drug-likeness (QED) is 0.222. The number of ether oxygens (including phenoxy) is 2. The summed E-state index contributed by atoms with van der Waals surface area (Å²) >= 11 is 0. The van der Waals surface area contributed by atoms with Gasteiger partial charge in [-0.05, 0) is 0 Å². The lowest BCUT2D eigenvalue weighted by Crippen LogP contribution is -2.58. The highest BCUT2D eigenvalue weighted by atomic mass is 16.6. The van der Waals surface area contributed by atoms with Crippen LogP contribution in [0.25, 0.3) is 0 Å². The van der Waals surface area contributed by atoms with E-state index in [0.29, 0.717) is 0 Å². The molecule has 10 N–H and O–H groups in total. The molecule has 0 amide bonds. The van der Waals surface area contributed by atoms with E-state index in [4.69, 9.17) is 51.1 Å². The standard InChI is InChI=1S/2C6H12O6/c2*7-1-2-3(8)4(9)5(10)6(11)12-2/h2*2-11H,1H2/t2*2-,3-,4+,5+,6+/m10/s1. The molecule has 2 fully saturated rings. The highest BCUT2D eigenvalue weighted by molar-refractivity contribution is 4.88. The van der Waals surface area contributed by atoms with Gasteiger partial charge in [0.25, 0.3) is 0 Å². The van der Waals surface area contributed by atoms with Gasteiger partial charge in [0.1, 0.15) is 48.8 Å². The van der Waals surface area contributed by atoms with Crippen molar-refractivity contribution in [2.45, 2.75) is 61.4 Å². The predicted molar refractivity (Wildman–Crippen MR) is 72.0 cm³/mol. The smallest absolute Gasteiger partial charge is 0.184 e. The van der Waals surface area contributed by atoms with Gasteiger partial charge in [0.2, 0.25) is 0 Å². The minimum atomic E-state index is -1.57. The van der Waals surface area contributed by atoms with Gasteiger partial charge in [0.05, 0.1) is 13.2 Å². The molecule has 2 rings (SSSR count). The van der Waals surface area contributed by atoms with E-state index < -0.39 is 74.6 Å². The third-order valence-corrected chi connectivity index (χ3v) is 3.73. The van der Waals surface area contributed by atoms with Crippen molar-refractivity contribution in [3.63, 3.8) is 0 Å². The third-order valence-electron chi connectivity index (χ3n) is 3.73. The maximum Gasteiger partial charge on any atom is 0.184 e. The minimum Gasteiger partial charge on any atom is -0.394 e.